The SMILES string of the molecule is Cc1cc(N=Nc2c(S(O)(O)O)cc3ccc(Nc4ccc(C(=O)O)cc4)cc3c2O)c(O)cc1N=Nc1ccc(N=Nc2ccc(SOOO)cc2)c2ccc(S(=O)(=O)O)cc12. The molecule has 0 radical (unpaired) electrons. The van der Waals surface area contributed by atoms with Gasteiger partial charge in [-0.2, -0.15) is 18.6 Å². The molecule has 20 nitrogen and oxygen atoms in total. The number of nitrogens with zero attached hydrogens (tertiary/aromatic N) is 6. The quantitative estimate of drug-likeness (QED) is 0.0161. The standard InChI is InChI=1S/C40H31N7O13S3/c1-21-16-35(46-47-38-37(63(56,57)58)17-23-4-7-26(18-30(23)39(38)49)41-24-5-2-22(3-6-24)40(50)51)36(48)20-34(21)45-44-33-15-14-32(29-13-12-28(19-31(29)33)62(53,54)55)43-42-25-8-10-27(11-9-25)61-60-59-52/h2-20,41,48-49,52,56-58H,1H3,(H,50,51)(H,53,54,55). The predicted octanol–water partition coefficient (Wildman–Crippen LogP) is 12.7. The Morgan fingerprint density at radius 1 is 0.651 bits per heavy atom. The zero-order valence-electron chi connectivity index (χ0n) is 32.0. The summed E-state index contributed by atoms with van der Waals surface area (Å²) in [7, 11) is -9.10. The molecule has 0 unspecified atom stereocenters. The van der Waals surface area contributed by atoms with Crippen molar-refractivity contribution in [1.82, 2.24) is 0 Å². The average Bonchev–Trinajstić information content (AvgIpc) is 3.25. The van der Waals surface area contributed by atoms with Gasteiger partial charge in [-0.05, 0) is 115 Å². The van der Waals surface area contributed by atoms with Gasteiger partial charge in [0.25, 0.3) is 10.1 Å². The zero-order valence-corrected chi connectivity index (χ0v) is 34.4. The van der Waals surface area contributed by atoms with E-state index in [2.05, 4.69) is 45.4 Å². The van der Waals surface area contributed by atoms with Crippen LogP contribution in [0.15, 0.2) is 161 Å². The number of azo groups is 3. The maximum atomic E-state index is 12.1. The summed E-state index contributed by atoms with van der Waals surface area (Å²) in [4.78, 5) is 10.9. The van der Waals surface area contributed by atoms with Crippen molar-refractivity contribution in [3.05, 3.63) is 126 Å². The third-order valence-corrected chi connectivity index (χ3v) is 11.4. The first-order valence-corrected chi connectivity index (χ1v) is 21.5. The smallest absolute Gasteiger partial charge is 0.335 e. The molecule has 7 aromatic carbocycles. The Balaban J connectivity index is 1.18. The molecule has 0 aliphatic heterocycles. The van der Waals surface area contributed by atoms with E-state index in [-0.39, 0.29) is 33.4 Å². The molecular formula is C40H31N7O13S3. The van der Waals surface area contributed by atoms with Gasteiger partial charge in [-0.15, -0.1) is 24.8 Å². The summed E-state index contributed by atoms with van der Waals surface area (Å²) in [6.45, 7) is 1.61. The predicted molar refractivity (Wildman–Crippen MR) is 232 cm³/mol. The number of fused-ring (bicyclic) bond motifs is 2. The zero-order chi connectivity index (χ0) is 45.1. The minimum Gasteiger partial charge on any atom is -0.506 e. The van der Waals surface area contributed by atoms with Crippen molar-refractivity contribution in [2.45, 2.75) is 21.6 Å². The summed E-state index contributed by atoms with van der Waals surface area (Å²) in [5, 5.41) is 72.7. The third kappa shape index (κ3) is 10.3. The van der Waals surface area contributed by atoms with E-state index >= 15 is 0 Å². The highest BCUT2D eigenvalue weighted by Crippen LogP contribution is 2.54. The minimum absolute atomic E-state index is 0.0852. The van der Waals surface area contributed by atoms with E-state index in [1.807, 2.05) is 0 Å². The number of hydrogen-bond donors (Lipinski definition) is 9. The van der Waals surface area contributed by atoms with Gasteiger partial charge in [0.2, 0.25) is 0 Å². The normalized spacial score (nSPS) is 12.6. The Labute approximate surface area is 361 Å². The molecule has 63 heavy (non-hydrogen) atoms. The second kappa shape index (κ2) is 18.2. The van der Waals surface area contributed by atoms with Crippen molar-refractivity contribution >= 4 is 106 Å². The third-order valence-electron chi connectivity index (χ3n) is 9.10. The van der Waals surface area contributed by atoms with Gasteiger partial charge < -0.3 is 34.3 Å². The molecular weight excluding hydrogens is 883 g/mol. The Bertz CT molecular complexity index is 3110. The lowest BCUT2D eigenvalue weighted by molar-refractivity contribution is -0.432. The van der Waals surface area contributed by atoms with E-state index in [0.717, 1.165) is 12.0 Å². The molecule has 0 saturated heterocycles. The molecule has 0 aliphatic carbocycles. The van der Waals surface area contributed by atoms with Crippen LogP contribution in [0, 0.1) is 6.92 Å². The molecule has 7 aromatic rings. The molecule has 7 rings (SSSR count). The Kier molecular flexibility index (Phi) is 12.8. The second-order valence-corrected chi connectivity index (χ2v) is 16.9. The van der Waals surface area contributed by atoms with Crippen LogP contribution in [0.25, 0.3) is 21.5 Å². The van der Waals surface area contributed by atoms with Gasteiger partial charge in [0.1, 0.15) is 28.0 Å². The van der Waals surface area contributed by atoms with Gasteiger partial charge in [0.15, 0.2) is 5.75 Å². The van der Waals surface area contributed by atoms with Crippen LogP contribution in [0.2, 0.25) is 0 Å². The van der Waals surface area contributed by atoms with E-state index < -0.39 is 53.9 Å². The van der Waals surface area contributed by atoms with Gasteiger partial charge in [-0.25, -0.2) is 10.1 Å². The van der Waals surface area contributed by atoms with Crippen molar-refractivity contribution < 1.29 is 61.4 Å². The monoisotopic (exact) mass is 913 g/mol. The maximum absolute atomic E-state index is 12.1. The summed E-state index contributed by atoms with van der Waals surface area (Å²) in [5.74, 6) is -2.14. The number of hydrogen-bond acceptors (Lipinski definition) is 19. The molecule has 0 spiro atoms. The van der Waals surface area contributed by atoms with Crippen LogP contribution in [0.1, 0.15) is 15.9 Å². The number of rotatable bonds is 14. The van der Waals surface area contributed by atoms with Crippen LogP contribution in [0.5, 0.6) is 11.5 Å². The lowest BCUT2D eigenvalue weighted by atomic mass is 10.1. The number of nitrogens with one attached hydrogen (secondary N) is 1. The fraction of sp³-hybridized carbons (Fsp3) is 0.0250. The summed E-state index contributed by atoms with van der Waals surface area (Å²) >= 11 is 0.762. The van der Waals surface area contributed by atoms with Crippen molar-refractivity contribution in [3.8, 4) is 11.5 Å². The summed E-state index contributed by atoms with van der Waals surface area (Å²) < 4.78 is 69.2. The Morgan fingerprint density at radius 3 is 1.97 bits per heavy atom. The molecule has 0 fully saturated rings. The fourth-order valence-corrected chi connectivity index (χ4v) is 7.57. The molecule has 9 N–H and O–H groups in total. The molecule has 0 aromatic heterocycles. The number of carboxylic acids is 1. The number of carbonyl (C=O) groups is 1. The van der Waals surface area contributed by atoms with E-state index in [1.54, 1.807) is 55.5 Å². The van der Waals surface area contributed by atoms with Crippen LogP contribution in [0.3, 0.4) is 0 Å². The molecule has 0 bridgehead atoms. The first kappa shape index (κ1) is 44.2. The number of aryl methyl sites for hydroxylation is 1. The highest BCUT2D eigenvalue weighted by Gasteiger charge is 2.26. The first-order valence-electron chi connectivity index (χ1n) is 17.8. The molecule has 23 heteroatoms. The number of aromatic carboxylic acids is 1. The second-order valence-electron chi connectivity index (χ2n) is 13.3. The van der Waals surface area contributed by atoms with Gasteiger partial charge in [0, 0.05) is 38.5 Å². The summed E-state index contributed by atoms with van der Waals surface area (Å²) in [6.07, 6.45) is 0. The van der Waals surface area contributed by atoms with Crippen molar-refractivity contribution in [3.63, 3.8) is 0 Å². The fourth-order valence-electron chi connectivity index (χ4n) is 6.02. The lowest BCUT2D eigenvalue weighted by Crippen LogP contribution is -1.98. The van der Waals surface area contributed by atoms with Gasteiger partial charge >= 0.3 is 5.97 Å². The topological polar surface area (TPSA) is 318 Å². The largest absolute Gasteiger partial charge is 0.506 e. The number of benzene rings is 7. The maximum Gasteiger partial charge on any atom is 0.335 e. The lowest BCUT2D eigenvalue weighted by Gasteiger charge is -2.22. The highest BCUT2D eigenvalue weighted by atomic mass is 32.3. The molecule has 322 valence electrons. The van der Waals surface area contributed by atoms with Crippen molar-refractivity contribution in [2.24, 2.45) is 30.7 Å². The minimum atomic E-state index is -4.63. The van der Waals surface area contributed by atoms with Gasteiger partial charge in [-0.1, -0.05) is 17.2 Å². The van der Waals surface area contributed by atoms with Gasteiger partial charge in [0.05, 0.1) is 50.1 Å². The molecule has 0 amide bonds. The number of aromatic hydroxyl groups is 2. The average molecular weight is 914 g/mol. The van der Waals surface area contributed by atoms with Crippen molar-refractivity contribution in [2.75, 3.05) is 5.32 Å². The van der Waals surface area contributed by atoms with E-state index in [4.69, 9.17) is 5.26 Å². The summed E-state index contributed by atoms with van der Waals surface area (Å²) in [5.41, 5.74) is 1.88. The van der Waals surface area contributed by atoms with Crippen LogP contribution in [-0.4, -0.2) is 53.2 Å². The number of phenolic OH excluding ortho intramolecular Hbond substituents is 2. The number of phenols is 2. The van der Waals surface area contributed by atoms with Crippen LogP contribution in [-0.2, 0) is 19.5 Å². The first-order chi connectivity index (χ1) is 30.0. The molecule has 0 atom stereocenters. The molecule has 0 heterocycles. The van der Waals surface area contributed by atoms with Crippen LogP contribution < -0.4 is 5.32 Å². The molecule has 0 aliphatic rings. The van der Waals surface area contributed by atoms with E-state index in [9.17, 15) is 46.7 Å². The highest BCUT2D eigenvalue weighted by molar-refractivity contribution is 8.19. The Hall–Kier alpha value is -6.90. The molecule has 0 saturated carbocycles. The van der Waals surface area contributed by atoms with Gasteiger partial charge in [-0.3, -0.25) is 4.55 Å². The summed E-state index contributed by atoms with van der Waals surface area (Å²) in [6, 6.07) is 27.7. The van der Waals surface area contributed by atoms with Crippen LogP contribution in [0.4, 0.5) is 45.5 Å². The number of carboxylic acid groups (broad SMARTS) is 1. The number of anilines is 2. The van der Waals surface area contributed by atoms with E-state index in [0.29, 0.717) is 44.0 Å². The van der Waals surface area contributed by atoms with E-state index in [1.165, 1.54) is 66.7 Å². The van der Waals surface area contributed by atoms with Crippen LogP contribution >= 0.6 is 22.9 Å². The van der Waals surface area contributed by atoms with Crippen molar-refractivity contribution in [1.29, 1.82) is 0 Å². The Morgan fingerprint density at radius 2 is 1.30 bits per heavy atom.